The number of alkyl halides is 3. The number of amides is 1. The number of piperidine rings is 1. The van der Waals surface area contributed by atoms with E-state index >= 15 is 0 Å². The number of benzene rings is 1. The average Bonchev–Trinajstić information content (AvgIpc) is 2.61. The fraction of sp³-hybridized carbons (Fsp3) is 0.400. The predicted molar refractivity (Wildman–Crippen MR) is 95.9 cm³/mol. The van der Waals surface area contributed by atoms with Gasteiger partial charge < -0.3 is 14.2 Å². The normalized spacial score (nSPS) is 21.2. The summed E-state index contributed by atoms with van der Waals surface area (Å²) in [7, 11) is 0. The van der Waals surface area contributed by atoms with E-state index in [1.54, 1.807) is 11.5 Å². The van der Waals surface area contributed by atoms with Crippen LogP contribution in [0.25, 0.3) is 11.1 Å². The molecule has 5 nitrogen and oxygen atoms in total. The molecule has 8 heteroatoms. The monoisotopic (exact) mass is 392 g/mol. The molecule has 3 heterocycles. The number of hydrogen-bond donors (Lipinski definition) is 0. The topological polar surface area (TPSA) is 51.5 Å². The number of halogens is 3. The first-order chi connectivity index (χ1) is 13.2. The van der Waals surface area contributed by atoms with Crippen LogP contribution in [-0.4, -0.2) is 34.8 Å². The summed E-state index contributed by atoms with van der Waals surface area (Å²) in [5.74, 6) is 0.0643. The molecule has 0 radical (unpaired) electrons. The molecule has 0 unspecified atom stereocenters. The minimum atomic E-state index is -4.74. The summed E-state index contributed by atoms with van der Waals surface area (Å²) in [4.78, 5) is 26.3. The Hall–Kier alpha value is -2.77. The molecule has 0 spiro atoms. The Bertz CT molecular complexity index is 966. The minimum Gasteiger partial charge on any atom is -0.406 e. The summed E-state index contributed by atoms with van der Waals surface area (Å²) in [6.07, 6.45) is -3.82. The van der Waals surface area contributed by atoms with E-state index in [1.807, 2.05) is 11.0 Å². The molecule has 0 N–H and O–H groups in total. The lowest BCUT2D eigenvalue weighted by molar-refractivity contribution is -0.274. The average molecular weight is 392 g/mol. The number of ether oxygens (including phenoxy) is 1. The standard InChI is InChI=1S/C20H19F3N2O3/c1-12(26)24-9-13-6-16(11-24)18-7-15(8-19(27)25(18)10-13)14-2-4-17(5-3-14)28-20(21,22)23/h2-5,7-8,13,16H,6,9-11H2,1H3/t13-,16+/m0/s1. The predicted octanol–water partition coefficient (Wildman–Crippen LogP) is 3.38. The first-order valence-electron chi connectivity index (χ1n) is 9.06. The number of aromatic nitrogens is 1. The van der Waals surface area contributed by atoms with Crippen LogP contribution in [0.5, 0.6) is 5.75 Å². The van der Waals surface area contributed by atoms with Crippen LogP contribution in [0.4, 0.5) is 13.2 Å². The van der Waals surface area contributed by atoms with E-state index < -0.39 is 6.36 Å². The molecule has 148 valence electrons. The molecule has 2 aromatic rings. The first kappa shape index (κ1) is 18.6. The van der Waals surface area contributed by atoms with E-state index in [2.05, 4.69) is 4.74 Å². The van der Waals surface area contributed by atoms with Gasteiger partial charge in [-0.05, 0) is 41.7 Å². The van der Waals surface area contributed by atoms with Gasteiger partial charge in [-0.25, -0.2) is 0 Å². The number of nitrogens with zero attached hydrogens (tertiary/aromatic N) is 2. The van der Waals surface area contributed by atoms with E-state index in [1.165, 1.54) is 30.3 Å². The molecular formula is C20H19F3N2O3. The highest BCUT2D eigenvalue weighted by Crippen LogP contribution is 2.36. The van der Waals surface area contributed by atoms with Gasteiger partial charge >= 0.3 is 6.36 Å². The molecule has 1 amide bonds. The molecule has 4 rings (SSSR count). The van der Waals surface area contributed by atoms with Crippen molar-refractivity contribution in [2.24, 2.45) is 5.92 Å². The molecule has 2 aliphatic rings. The quantitative estimate of drug-likeness (QED) is 0.787. The van der Waals surface area contributed by atoms with Crippen molar-refractivity contribution in [2.75, 3.05) is 13.1 Å². The van der Waals surface area contributed by atoms with Gasteiger partial charge in [0.2, 0.25) is 5.91 Å². The lowest BCUT2D eigenvalue weighted by Gasteiger charge is -2.42. The van der Waals surface area contributed by atoms with Crippen LogP contribution >= 0.6 is 0 Å². The van der Waals surface area contributed by atoms with Gasteiger partial charge in [0.15, 0.2) is 0 Å². The van der Waals surface area contributed by atoms with Crippen molar-refractivity contribution in [3.05, 3.63) is 52.4 Å². The van der Waals surface area contributed by atoms with Crippen molar-refractivity contribution in [1.82, 2.24) is 9.47 Å². The zero-order chi connectivity index (χ0) is 20.1. The zero-order valence-corrected chi connectivity index (χ0v) is 15.2. The Kier molecular flexibility index (Phi) is 4.44. The molecular weight excluding hydrogens is 373 g/mol. The Morgan fingerprint density at radius 1 is 1.07 bits per heavy atom. The number of likely N-dealkylation sites (tertiary alicyclic amines) is 1. The molecule has 2 aliphatic heterocycles. The maximum absolute atomic E-state index is 12.7. The molecule has 2 atom stereocenters. The smallest absolute Gasteiger partial charge is 0.406 e. The summed E-state index contributed by atoms with van der Waals surface area (Å²) in [6.45, 7) is 3.37. The van der Waals surface area contributed by atoms with Crippen LogP contribution < -0.4 is 10.3 Å². The van der Waals surface area contributed by atoms with Gasteiger partial charge in [0.25, 0.3) is 5.56 Å². The highest BCUT2D eigenvalue weighted by molar-refractivity contribution is 5.73. The highest BCUT2D eigenvalue weighted by atomic mass is 19.4. The molecule has 0 aliphatic carbocycles. The molecule has 0 saturated carbocycles. The van der Waals surface area contributed by atoms with Gasteiger partial charge in [0, 0.05) is 44.2 Å². The lowest BCUT2D eigenvalue weighted by atomic mass is 9.82. The molecule has 1 fully saturated rings. The van der Waals surface area contributed by atoms with Gasteiger partial charge in [-0.2, -0.15) is 0 Å². The summed E-state index contributed by atoms with van der Waals surface area (Å²) in [5.41, 5.74) is 2.03. The van der Waals surface area contributed by atoms with Gasteiger partial charge in [0.1, 0.15) is 5.75 Å². The van der Waals surface area contributed by atoms with Crippen molar-refractivity contribution in [1.29, 1.82) is 0 Å². The van der Waals surface area contributed by atoms with Gasteiger partial charge in [-0.15, -0.1) is 13.2 Å². The second kappa shape index (κ2) is 6.68. The third kappa shape index (κ3) is 3.63. The summed E-state index contributed by atoms with van der Waals surface area (Å²) in [5, 5.41) is 0. The molecule has 2 bridgehead atoms. The largest absolute Gasteiger partial charge is 0.573 e. The van der Waals surface area contributed by atoms with Crippen LogP contribution in [0.2, 0.25) is 0 Å². The second-order valence-electron chi connectivity index (χ2n) is 7.41. The number of rotatable bonds is 2. The second-order valence-corrected chi connectivity index (χ2v) is 7.41. The summed E-state index contributed by atoms with van der Waals surface area (Å²) < 4.78 is 42.6. The van der Waals surface area contributed by atoms with Crippen LogP contribution in [-0.2, 0) is 11.3 Å². The highest BCUT2D eigenvalue weighted by Gasteiger charge is 2.36. The number of hydrogen-bond acceptors (Lipinski definition) is 3. The van der Waals surface area contributed by atoms with Crippen molar-refractivity contribution in [2.45, 2.75) is 32.2 Å². The Morgan fingerprint density at radius 2 is 1.79 bits per heavy atom. The number of pyridine rings is 1. The maximum atomic E-state index is 12.7. The lowest BCUT2D eigenvalue weighted by Crippen LogP contribution is -2.48. The molecule has 1 saturated heterocycles. The SMILES string of the molecule is CC(=O)N1C[C@@H]2C[C@H](C1)c1cc(-c3ccc(OC(F)(F)F)cc3)cc(=O)n1C2. The van der Waals surface area contributed by atoms with Gasteiger partial charge in [-0.3, -0.25) is 9.59 Å². The first-order valence-corrected chi connectivity index (χ1v) is 9.06. The molecule has 28 heavy (non-hydrogen) atoms. The number of fused-ring (bicyclic) bond motifs is 4. The van der Waals surface area contributed by atoms with Crippen LogP contribution in [0.15, 0.2) is 41.2 Å². The zero-order valence-electron chi connectivity index (χ0n) is 15.2. The Morgan fingerprint density at radius 3 is 2.43 bits per heavy atom. The fourth-order valence-corrected chi connectivity index (χ4v) is 4.23. The van der Waals surface area contributed by atoms with E-state index in [-0.39, 0.29) is 29.1 Å². The Labute approximate surface area is 159 Å². The van der Waals surface area contributed by atoms with E-state index in [4.69, 9.17) is 0 Å². The van der Waals surface area contributed by atoms with Gasteiger partial charge in [0.05, 0.1) is 0 Å². The Balaban J connectivity index is 1.66. The summed E-state index contributed by atoms with van der Waals surface area (Å²) >= 11 is 0. The van der Waals surface area contributed by atoms with Crippen LogP contribution in [0, 0.1) is 5.92 Å². The minimum absolute atomic E-state index is 0.0295. The molecule has 1 aromatic heterocycles. The number of carbonyl (C=O) groups is 1. The van der Waals surface area contributed by atoms with Crippen molar-refractivity contribution >= 4 is 5.91 Å². The number of carbonyl (C=O) groups excluding carboxylic acids is 1. The van der Waals surface area contributed by atoms with Crippen LogP contribution in [0.3, 0.4) is 0 Å². The van der Waals surface area contributed by atoms with E-state index in [9.17, 15) is 22.8 Å². The fourth-order valence-electron chi connectivity index (χ4n) is 4.23. The van der Waals surface area contributed by atoms with Crippen molar-refractivity contribution in [3.63, 3.8) is 0 Å². The van der Waals surface area contributed by atoms with E-state index in [0.717, 1.165) is 12.1 Å². The van der Waals surface area contributed by atoms with E-state index in [0.29, 0.717) is 30.8 Å². The maximum Gasteiger partial charge on any atom is 0.573 e. The molecule has 1 aromatic carbocycles. The van der Waals surface area contributed by atoms with Crippen molar-refractivity contribution in [3.8, 4) is 16.9 Å². The van der Waals surface area contributed by atoms with Gasteiger partial charge in [-0.1, -0.05) is 12.1 Å². The third-order valence-corrected chi connectivity index (χ3v) is 5.42. The van der Waals surface area contributed by atoms with Crippen LogP contribution in [0.1, 0.15) is 25.0 Å². The van der Waals surface area contributed by atoms with Crippen molar-refractivity contribution < 1.29 is 22.7 Å². The summed E-state index contributed by atoms with van der Waals surface area (Å²) in [6, 6.07) is 8.88. The third-order valence-electron chi connectivity index (χ3n) is 5.42.